The Labute approximate surface area is 93.1 Å². The van der Waals surface area contributed by atoms with Gasteiger partial charge in [0.1, 0.15) is 6.97 Å². The maximum absolute atomic E-state index is 10.6. The van der Waals surface area contributed by atoms with Crippen molar-refractivity contribution in [3.8, 4) is 12.3 Å². The lowest BCUT2D eigenvalue weighted by Gasteiger charge is -2.44. The zero-order valence-corrected chi connectivity index (χ0v) is 9.69. The molecular weight excluding hydrogens is 192 g/mol. The quantitative estimate of drug-likeness (QED) is 0.504. The Bertz CT molecular complexity index is 343. The minimum atomic E-state index is -0.983. The molecule has 0 aliphatic heterocycles. The largest absolute Gasteiger partial charge is 0.377 e. The first kappa shape index (κ1) is 9.12. The molecule has 0 radical (unpaired) electrons. The minimum Gasteiger partial charge on any atom is -0.377 e. The Morgan fingerprint density at radius 2 is 2.43 bits per heavy atom. The van der Waals surface area contributed by atoms with Crippen LogP contribution in [0.4, 0.5) is 0 Å². The van der Waals surface area contributed by atoms with E-state index < -0.39 is 5.60 Å². The summed E-state index contributed by atoms with van der Waals surface area (Å²) in [7, 11) is 0. The van der Waals surface area contributed by atoms with Gasteiger partial charge in [-0.2, -0.15) is 12.6 Å². The molecule has 0 aromatic heterocycles. The summed E-state index contributed by atoms with van der Waals surface area (Å²) < 4.78 is 7.02. The molecule has 0 aromatic rings. The highest BCUT2D eigenvalue weighted by molar-refractivity contribution is 7.80. The number of hydrogen-bond acceptors (Lipinski definition) is 2. The molecule has 0 spiro atoms. The highest BCUT2D eigenvalue weighted by Crippen LogP contribution is 2.69. The number of hydrogen-bond donors (Lipinski definition) is 2. The molecule has 3 unspecified atom stereocenters. The average molecular weight is 212 g/mol. The van der Waals surface area contributed by atoms with Crippen LogP contribution in [0.2, 0.25) is 0 Å². The molecule has 78 valence electrons. The van der Waals surface area contributed by atoms with Gasteiger partial charge in [-0.15, -0.1) is 6.40 Å². The molecule has 0 aromatic carbocycles. The van der Waals surface area contributed by atoms with Gasteiger partial charge >= 0.3 is 0 Å². The van der Waals surface area contributed by atoms with Gasteiger partial charge < -0.3 is 5.11 Å². The molecule has 2 saturated carbocycles. The highest BCUT2D eigenvalue weighted by Gasteiger charge is 2.69. The minimum absolute atomic E-state index is 0.0906. The maximum atomic E-state index is 10.6. The van der Waals surface area contributed by atoms with E-state index in [0.29, 0.717) is 18.1 Å². The van der Waals surface area contributed by atoms with Crippen molar-refractivity contribution in [2.24, 2.45) is 16.7 Å². The summed E-state index contributed by atoms with van der Waals surface area (Å²) in [5, 5.41) is 10.6. The summed E-state index contributed by atoms with van der Waals surface area (Å²) in [4.78, 5) is 0. The van der Waals surface area contributed by atoms with E-state index in [0.717, 1.165) is 12.8 Å². The van der Waals surface area contributed by atoms with Gasteiger partial charge in [0, 0.05) is 11.2 Å². The molecule has 1 N–H and O–H groups in total. The van der Waals surface area contributed by atoms with Gasteiger partial charge in [0.15, 0.2) is 0 Å². The summed E-state index contributed by atoms with van der Waals surface area (Å²) >= 11 is 4.44. The molecule has 0 saturated heterocycles. The Morgan fingerprint density at radius 1 is 1.71 bits per heavy atom. The van der Waals surface area contributed by atoms with Crippen LogP contribution in [0.5, 0.6) is 0 Å². The van der Waals surface area contributed by atoms with E-state index in [-0.39, 0.29) is 10.8 Å². The van der Waals surface area contributed by atoms with Gasteiger partial charge in [-0.25, -0.2) is 0 Å². The molecular formula is C12H18OS. The topological polar surface area (TPSA) is 20.2 Å². The van der Waals surface area contributed by atoms with E-state index in [1.165, 1.54) is 0 Å². The molecule has 0 heterocycles. The number of fused-ring (bicyclic) bond motifs is 2. The van der Waals surface area contributed by atoms with Crippen molar-refractivity contribution >= 4 is 12.6 Å². The lowest BCUT2D eigenvalue weighted by Crippen LogP contribution is -2.49. The van der Waals surface area contributed by atoms with Crippen LogP contribution in [0.25, 0.3) is 0 Å². The third kappa shape index (κ3) is 0.840. The van der Waals surface area contributed by atoms with Gasteiger partial charge in [0.2, 0.25) is 0 Å². The van der Waals surface area contributed by atoms with Gasteiger partial charge in [-0.05, 0) is 30.6 Å². The fourth-order valence-electron chi connectivity index (χ4n) is 3.73. The van der Waals surface area contributed by atoms with E-state index in [4.69, 9.17) is 1.37 Å². The number of terminal acetylenes is 1. The molecule has 2 aliphatic carbocycles. The zero-order chi connectivity index (χ0) is 11.3. The molecule has 0 amide bonds. The van der Waals surface area contributed by atoms with Crippen molar-refractivity contribution in [1.82, 2.24) is 0 Å². The van der Waals surface area contributed by atoms with E-state index in [9.17, 15) is 5.11 Å². The standard InChI is InChI=1S/C12H18OS/c1-4-12(13)7-9-5-6-11(12,8-14)10(9,2)3/h1,9,13-14H,5-8H2,2-3H3/i1T. The lowest BCUT2D eigenvalue weighted by atomic mass is 9.64. The van der Waals surface area contributed by atoms with Gasteiger partial charge in [0.25, 0.3) is 0 Å². The second-order valence-corrected chi connectivity index (χ2v) is 5.70. The summed E-state index contributed by atoms with van der Waals surface area (Å²) in [6.45, 7) is 4.43. The Balaban J connectivity index is 2.52. The number of thiol groups is 1. The molecule has 2 rings (SSSR count). The maximum Gasteiger partial charge on any atom is 0.132 e. The molecule has 1 nitrogen and oxygen atoms in total. The first-order chi connectivity index (χ1) is 6.93. The lowest BCUT2D eigenvalue weighted by molar-refractivity contribution is -0.0392. The summed E-state index contributed by atoms with van der Waals surface area (Å²) in [5.41, 5.74) is -1.11. The predicted octanol–water partition coefficient (Wildman–Crippen LogP) is 2.11. The van der Waals surface area contributed by atoms with Crippen molar-refractivity contribution < 1.29 is 6.48 Å². The fourth-order valence-corrected chi connectivity index (χ4v) is 4.55. The molecule has 2 bridgehead atoms. The van der Waals surface area contributed by atoms with E-state index in [2.05, 4.69) is 38.8 Å². The van der Waals surface area contributed by atoms with Crippen molar-refractivity contribution in [2.75, 3.05) is 5.75 Å². The van der Waals surface area contributed by atoms with Crippen LogP contribution in [-0.2, 0) is 0 Å². The molecule has 14 heavy (non-hydrogen) atoms. The summed E-state index contributed by atoms with van der Waals surface area (Å²) in [6.07, 6.45) is 5.01. The third-order valence-corrected chi connectivity index (χ3v) is 5.52. The second kappa shape index (κ2) is 2.71. The predicted molar refractivity (Wildman–Crippen MR) is 61.2 cm³/mol. The summed E-state index contributed by atoms with van der Waals surface area (Å²) in [5.74, 6) is 3.90. The van der Waals surface area contributed by atoms with Crippen LogP contribution >= 0.6 is 12.6 Å². The van der Waals surface area contributed by atoms with Crippen LogP contribution in [0.3, 0.4) is 0 Å². The molecule has 2 fully saturated rings. The second-order valence-electron chi connectivity index (χ2n) is 5.39. The third-order valence-electron chi connectivity index (χ3n) is 4.98. The van der Waals surface area contributed by atoms with Crippen LogP contribution < -0.4 is 0 Å². The monoisotopic (exact) mass is 212 g/mol. The van der Waals surface area contributed by atoms with Crippen molar-refractivity contribution in [2.45, 2.75) is 38.7 Å². The van der Waals surface area contributed by atoms with Gasteiger partial charge in [0.05, 0.1) is 0 Å². The first-order valence-corrected chi connectivity index (χ1v) is 5.84. The highest BCUT2D eigenvalue weighted by atomic mass is 32.1. The van der Waals surface area contributed by atoms with E-state index in [1.807, 2.05) is 0 Å². The van der Waals surface area contributed by atoms with Crippen LogP contribution in [0, 0.1) is 29.1 Å². The van der Waals surface area contributed by atoms with Gasteiger partial charge in [-0.1, -0.05) is 19.8 Å². The van der Waals surface area contributed by atoms with Crippen molar-refractivity contribution in [3.05, 3.63) is 0 Å². The first-order valence-electron chi connectivity index (χ1n) is 5.71. The summed E-state index contributed by atoms with van der Waals surface area (Å²) in [6, 6.07) is 0. The number of rotatable bonds is 1. The van der Waals surface area contributed by atoms with Crippen LogP contribution in [-0.4, -0.2) is 16.5 Å². The van der Waals surface area contributed by atoms with Crippen molar-refractivity contribution in [1.29, 1.82) is 0 Å². The van der Waals surface area contributed by atoms with E-state index >= 15 is 0 Å². The van der Waals surface area contributed by atoms with E-state index in [1.54, 1.807) is 0 Å². The smallest absolute Gasteiger partial charge is 0.132 e. The molecule has 2 aliphatic rings. The van der Waals surface area contributed by atoms with Crippen LogP contribution in [0.15, 0.2) is 0 Å². The Kier molecular flexibility index (Phi) is 1.77. The van der Waals surface area contributed by atoms with Crippen LogP contribution in [0.1, 0.15) is 34.5 Å². The Morgan fingerprint density at radius 3 is 2.93 bits per heavy atom. The van der Waals surface area contributed by atoms with Crippen molar-refractivity contribution in [3.63, 3.8) is 0 Å². The van der Waals surface area contributed by atoms with Gasteiger partial charge in [-0.3, -0.25) is 0 Å². The molecule has 3 atom stereocenters. The zero-order valence-electron chi connectivity index (χ0n) is 9.80. The fraction of sp³-hybridized carbons (Fsp3) is 0.833. The normalized spacial score (nSPS) is 49.7. The number of aliphatic hydroxyl groups is 1. The Hall–Kier alpha value is -0.130. The SMILES string of the molecule is [3H]C#CC1(O)CC2CCC1(CS)C2(C)C. The molecule has 2 heteroatoms. The average Bonchev–Trinajstić information content (AvgIpc) is 2.49.